The Morgan fingerprint density at radius 2 is 1.68 bits per heavy atom. The van der Waals surface area contributed by atoms with Gasteiger partial charge in [0.2, 0.25) is 5.91 Å². The lowest BCUT2D eigenvalue weighted by atomic mass is 10.1. The summed E-state index contributed by atoms with van der Waals surface area (Å²) in [5.74, 6) is -1.26. The third-order valence-electron chi connectivity index (χ3n) is 3.39. The van der Waals surface area contributed by atoms with Crippen molar-refractivity contribution in [2.75, 3.05) is 13.7 Å². The van der Waals surface area contributed by atoms with Gasteiger partial charge in [-0.05, 0) is 23.3 Å². The molecule has 2 aromatic rings. The Hall–Kier alpha value is -3.15. The summed E-state index contributed by atoms with van der Waals surface area (Å²) in [6.07, 6.45) is 0.204. The fraction of sp³-hybridized carbons (Fsp3) is 0.211. The fourth-order valence-electron chi connectivity index (χ4n) is 2.14. The van der Waals surface area contributed by atoms with Gasteiger partial charge in [-0.15, -0.1) is 0 Å². The van der Waals surface area contributed by atoms with Crippen molar-refractivity contribution in [2.45, 2.75) is 13.0 Å². The highest BCUT2D eigenvalue weighted by Crippen LogP contribution is 2.08. The van der Waals surface area contributed by atoms with Crippen molar-refractivity contribution < 1.29 is 23.9 Å². The summed E-state index contributed by atoms with van der Waals surface area (Å²) in [7, 11) is 1.30. The van der Waals surface area contributed by atoms with E-state index in [1.165, 1.54) is 7.11 Å². The molecule has 25 heavy (non-hydrogen) atoms. The van der Waals surface area contributed by atoms with E-state index in [1.54, 1.807) is 24.3 Å². The third kappa shape index (κ3) is 6.10. The largest absolute Gasteiger partial charge is 0.465 e. The van der Waals surface area contributed by atoms with Gasteiger partial charge in [0, 0.05) is 0 Å². The van der Waals surface area contributed by atoms with Crippen molar-refractivity contribution >= 4 is 17.8 Å². The van der Waals surface area contributed by atoms with Crippen LogP contribution in [0.4, 0.5) is 0 Å². The van der Waals surface area contributed by atoms with Crippen LogP contribution in [0.1, 0.15) is 21.5 Å². The maximum Gasteiger partial charge on any atom is 0.337 e. The molecule has 0 radical (unpaired) electrons. The van der Waals surface area contributed by atoms with E-state index in [2.05, 4.69) is 10.1 Å². The number of rotatable bonds is 7. The lowest BCUT2D eigenvalue weighted by molar-refractivity contribution is -0.145. The normalized spacial score (nSPS) is 9.96. The quantitative estimate of drug-likeness (QED) is 0.778. The Morgan fingerprint density at radius 1 is 0.960 bits per heavy atom. The predicted molar refractivity (Wildman–Crippen MR) is 90.7 cm³/mol. The zero-order valence-corrected chi connectivity index (χ0v) is 13.9. The topological polar surface area (TPSA) is 81.7 Å². The van der Waals surface area contributed by atoms with E-state index < -0.39 is 11.9 Å². The Kier molecular flexibility index (Phi) is 6.71. The van der Waals surface area contributed by atoms with E-state index in [1.807, 2.05) is 30.3 Å². The van der Waals surface area contributed by atoms with E-state index in [0.717, 1.165) is 5.56 Å². The van der Waals surface area contributed by atoms with Crippen LogP contribution in [0.3, 0.4) is 0 Å². The molecule has 130 valence electrons. The molecular formula is C19H19NO5. The van der Waals surface area contributed by atoms with Crippen LogP contribution >= 0.6 is 0 Å². The van der Waals surface area contributed by atoms with Crippen LogP contribution in [-0.2, 0) is 32.1 Å². The van der Waals surface area contributed by atoms with Gasteiger partial charge in [-0.2, -0.15) is 0 Å². The molecule has 0 spiro atoms. The zero-order chi connectivity index (χ0) is 18.1. The molecule has 0 aliphatic carbocycles. The van der Waals surface area contributed by atoms with Crippen molar-refractivity contribution in [3.63, 3.8) is 0 Å². The zero-order valence-electron chi connectivity index (χ0n) is 13.9. The van der Waals surface area contributed by atoms with Crippen LogP contribution in [0.15, 0.2) is 54.6 Å². The molecular weight excluding hydrogens is 322 g/mol. The van der Waals surface area contributed by atoms with Gasteiger partial charge in [-0.3, -0.25) is 9.59 Å². The number of carbonyl (C=O) groups is 3. The first-order valence-electron chi connectivity index (χ1n) is 7.72. The molecule has 1 N–H and O–H groups in total. The summed E-state index contributed by atoms with van der Waals surface area (Å²) in [6.45, 7) is -0.194. The number of benzene rings is 2. The van der Waals surface area contributed by atoms with Gasteiger partial charge in [0.15, 0.2) is 0 Å². The van der Waals surface area contributed by atoms with Crippen molar-refractivity contribution in [1.82, 2.24) is 5.32 Å². The minimum Gasteiger partial charge on any atom is -0.465 e. The van der Waals surface area contributed by atoms with Crippen LogP contribution < -0.4 is 5.32 Å². The van der Waals surface area contributed by atoms with Gasteiger partial charge in [-0.25, -0.2) is 4.79 Å². The Balaban J connectivity index is 1.75. The molecule has 2 aromatic carbocycles. The molecule has 2 rings (SSSR count). The highest BCUT2D eigenvalue weighted by Gasteiger charge is 2.09. The van der Waals surface area contributed by atoms with E-state index in [-0.39, 0.29) is 25.5 Å². The summed E-state index contributed by atoms with van der Waals surface area (Å²) in [4.78, 5) is 34.9. The Bertz CT molecular complexity index is 742. The molecule has 0 atom stereocenters. The molecule has 1 amide bonds. The predicted octanol–water partition coefficient (Wildman–Crippen LogP) is 1.88. The van der Waals surface area contributed by atoms with E-state index >= 15 is 0 Å². The summed E-state index contributed by atoms with van der Waals surface area (Å²) < 4.78 is 9.73. The number of ether oxygens (including phenoxy) is 2. The van der Waals surface area contributed by atoms with E-state index in [9.17, 15) is 14.4 Å². The minimum absolute atomic E-state index is 0.0121. The van der Waals surface area contributed by atoms with Gasteiger partial charge in [0.1, 0.15) is 13.2 Å². The molecule has 0 heterocycles. The maximum absolute atomic E-state index is 11.8. The molecule has 0 bridgehead atoms. The number of hydrogen-bond donors (Lipinski definition) is 1. The summed E-state index contributed by atoms with van der Waals surface area (Å²) >= 11 is 0. The first-order chi connectivity index (χ1) is 12.1. The fourth-order valence-corrected chi connectivity index (χ4v) is 2.14. The highest BCUT2D eigenvalue weighted by molar-refractivity contribution is 5.89. The van der Waals surface area contributed by atoms with Gasteiger partial charge in [-0.1, -0.05) is 42.5 Å². The monoisotopic (exact) mass is 341 g/mol. The molecule has 0 aliphatic heterocycles. The summed E-state index contributed by atoms with van der Waals surface area (Å²) in [6, 6.07) is 15.9. The molecule has 6 heteroatoms. The standard InChI is InChI=1S/C19H19NO5/c1-24-19(23)16-9-5-8-15(10-16)13-25-18(22)12-20-17(21)11-14-6-3-2-4-7-14/h2-10H,11-13H2,1H3,(H,20,21). The highest BCUT2D eigenvalue weighted by atomic mass is 16.5. The summed E-state index contributed by atoms with van der Waals surface area (Å²) in [5, 5.41) is 2.52. The lowest BCUT2D eigenvalue weighted by Gasteiger charge is -2.08. The van der Waals surface area contributed by atoms with E-state index in [4.69, 9.17) is 4.74 Å². The second-order valence-corrected chi connectivity index (χ2v) is 5.29. The van der Waals surface area contributed by atoms with Crippen LogP contribution in [0.25, 0.3) is 0 Å². The molecule has 0 aromatic heterocycles. The first-order valence-corrected chi connectivity index (χ1v) is 7.72. The van der Waals surface area contributed by atoms with Crippen LogP contribution in [0, 0.1) is 0 Å². The molecule has 6 nitrogen and oxygen atoms in total. The van der Waals surface area contributed by atoms with Gasteiger partial charge >= 0.3 is 11.9 Å². The second-order valence-electron chi connectivity index (χ2n) is 5.29. The van der Waals surface area contributed by atoms with Crippen LogP contribution in [-0.4, -0.2) is 31.5 Å². The van der Waals surface area contributed by atoms with Crippen molar-refractivity contribution in [2.24, 2.45) is 0 Å². The number of nitrogens with one attached hydrogen (secondary N) is 1. The third-order valence-corrected chi connectivity index (χ3v) is 3.39. The number of hydrogen-bond acceptors (Lipinski definition) is 5. The SMILES string of the molecule is COC(=O)c1cccc(COC(=O)CNC(=O)Cc2ccccc2)c1. The van der Waals surface area contributed by atoms with Crippen molar-refractivity contribution in [1.29, 1.82) is 0 Å². The van der Waals surface area contributed by atoms with Crippen molar-refractivity contribution in [3.8, 4) is 0 Å². The minimum atomic E-state index is -0.551. The number of amides is 1. The van der Waals surface area contributed by atoms with Gasteiger partial charge < -0.3 is 14.8 Å². The van der Waals surface area contributed by atoms with Gasteiger partial charge in [0.05, 0.1) is 19.1 Å². The number of carbonyl (C=O) groups excluding carboxylic acids is 3. The van der Waals surface area contributed by atoms with Crippen LogP contribution in [0.2, 0.25) is 0 Å². The average molecular weight is 341 g/mol. The molecule has 0 saturated heterocycles. The van der Waals surface area contributed by atoms with Crippen molar-refractivity contribution in [3.05, 3.63) is 71.3 Å². The number of methoxy groups -OCH3 is 1. The molecule has 0 unspecified atom stereocenters. The van der Waals surface area contributed by atoms with Crippen LogP contribution in [0.5, 0.6) is 0 Å². The molecule has 0 fully saturated rings. The first kappa shape index (κ1) is 18.2. The molecule has 0 aliphatic rings. The summed E-state index contributed by atoms with van der Waals surface area (Å²) in [5.41, 5.74) is 1.91. The van der Waals surface area contributed by atoms with E-state index in [0.29, 0.717) is 11.1 Å². The lowest BCUT2D eigenvalue weighted by Crippen LogP contribution is -2.31. The Morgan fingerprint density at radius 3 is 2.40 bits per heavy atom. The van der Waals surface area contributed by atoms with Gasteiger partial charge in [0.25, 0.3) is 0 Å². The average Bonchev–Trinajstić information content (AvgIpc) is 2.65. The Labute approximate surface area is 145 Å². The smallest absolute Gasteiger partial charge is 0.337 e. The molecule has 0 saturated carbocycles. The maximum atomic E-state index is 11.8. The number of esters is 2. The second kappa shape index (κ2) is 9.22.